The summed E-state index contributed by atoms with van der Waals surface area (Å²) in [6.45, 7) is 6.44. The van der Waals surface area contributed by atoms with Gasteiger partial charge in [0, 0.05) is 18.0 Å². The van der Waals surface area contributed by atoms with Gasteiger partial charge < -0.3 is 4.74 Å². The Bertz CT molecular complexity index is 682. The number of pyridine rings is 1. The number of nitrogens with zero attached hydrogens (tertiary/aromatic N) is 2. The second-order valence-corrected chi connectivity index (χ2v) is 5.26. The van der Waals surface area contributed by atoms with Gasteiger partial charge in [-0.25, -0.2) is 5.43 Å². The molecule has 5 nitrogen and oxygen atoms in total. The minimum atomic E-state index is -0.291. The van der Waals surface area contributed by atoms with Crippen molar-refractivity contribution in [3.8, 4) is 5.75 Å². The number of nitrogens with one attached hydrogen (secondary N) is 1. The van der Waals surface area contributed by atoms with E-state index in [4.69, 9.17) is 4.74 Å². The zero-order valence-corrected chi connectivity index (χ0v) is 13.6. The summed E-state index contributed by atoms with van der Waals surface area (Å²) in [6, 6.07) is 10.9. The van der Waals surface area contributed by atoms with Crippen LogP contribution in [0, 0.1) is 5.92 Å². The van der Waals surface area contributed by atoms with Gasteiger partial charge in [0.05, 0.1) is 17.9 Å². The third-order valence-electron chi connectivity index (χ3n) is 3.23. The van der Waals surface area contributed by atoms with Crippen LogP contribution in [0.2, 0.25) is 0 Å². The maximum atomic E-state index is 12.4. The van der Waals surface area contributed by atoms with Gasteiger partial charge in [0.1, 0.15) is 5.75 Å². The van der Waals surface area contributed by atoms with E-state index in [1.54, 1.807) is 30.6 Å². The molecule has 0 aliphatic carbocycles. The number of aromatic nitrogens is 1. The van der Waals surface area contributed by atoms with E-state index < -0.39 is 0 Å². The fourth-order valence-electron chi connectivity index (χ4n) is 2.16. The number of amides is 1. The van der Waals surface area contributed by atoms with Crippen LogP contribution in [0.5, 0.6) is 5.75 Å². The number of para-hydroxylation sites is 1. The van der Waals surface area contributed by atoms with Crippen LogP contribution in [0.25, 0.3) is 0 Å². The van der Waals surface area contributed by atoms with E-state index in [9.17, 15) is 4.79 Å². The smallest absolute Gasteiger partial charge is 0.275 e. The summed E-state index contributed by atoms with van der Waals surface area (Å²) in [7, 11) is 0. The molecule has 1 heterocycles. The number of hydrogen-bond donors (Lipinski definition) is 1. The summed E-state index contributed by atoms with van der Waals surface area (Å²) in [5, 5.41) is 4.30. The van der Waals surface area contributed by atoms with Crippen LogP contribution in [0.15, 0.2) is 53.9 Å². The second-order valence-electron chi connectivity index (χ2n) is 5.26. The zero-order valence-electron chi connectivity index (χ0n) is 13.6. The lowest BCUT2D eigenvalue weighted by molar-refractivity contribution is 0.0951. The minimum absolute atomic E-state index is 0.167. The highest BCUT2D eigenvalue weighted by Gasteiger charge is 2.13. The average molecular weight is 311 g/mol. The highest BCUT2D eigenvalue weighted by atomic mass is 16.5. The van der Waals surface area contributed by atoms with Crippen molar-refractivity contribution in [3.05, 3.63) is 59.9 Å². The largest absolute Gasteiger partial charge is 0.493 e. The van der Waals surface area contributed by atoms with Gasteiger partial charge in [-0.2, -0.15) is 5.10 Å². The Morgan fingerprint density at radius 3 is 2.57 bits per heavy atom. The molecule has 0 radical (unpaired) electrons. The fourth-order valence-corrected chi connectivity index (χ4v) is 2.16. The topological polar surface area (TPSA) is 63.6 Å². The molecule has 1 N–H and O–H groups in total. The molecule has 0 spiro atoms. The van der Waals surface area contributed by atoms with Crippen molar-refractivity contribution in [1.29, 1.82) is 0 Å². The summed E-state index contributed by atoms with van der Waals surface area (Å²) in [4.78, 5) is 16.4. The van der Waals surface area contributed by atoms with Crippen LogP contribution in [-0.2, 0) is 0 Å². The van der Waals surface area contributed by atoms with Crippen LogP contribution in [-0.4, -0.2) is 23.2 Å². The van der Waals surface area contributed by atoms with E-state index in [1.807, 2.05) is 39.0 Å². The molecular weight excluding hydrogens is 290 g/mol. The van der Waals surface area contributed by atoms with Crippen molar-refractivity contribution in [2.45, 2.75) is 20.8 Å². The number of benzene rings is 1. The van der Waals surface area contributed by atoms with Gasteiger partial charge in [-0.3, -0.25) is 9.78 Å². The molecule has 0 aliphatic rings. The molecule has 0 unspecified atom stereocenters. The second kappa shape index (κ2) is 8.08. The number of hydrazone groups is 1. The van der Waals surface area contributed by atoms with Crippen molar-refractivity contribution in [3.63, 3.8) is 0 Å². The third-order valence-corrected chi connectivity index (χ3v) is 3.23. The Balaban J connectivity index is 2.22. The molecule has 2 rings (SSSR count). The minimum Gasteiger partial charge on any atom is -0.493 e. The average Bonchev–Trinajstić information content (AvgIpc) is 2.56. The van der Waals surface area contributed by atoms with Crippen molar-refractivity contribution >= 4 is 11.6 Å². The molecule has 23 heavy (non-hydrogen) atoms. The van der Waals surface area contributed by atoms with Crippen molar-refractivity contribution in [1.82, 2.24) is 10.4 Å². The predicted molar refractivity (Wildman–Crippen MR) is 90.7 cm³/mol. The summed E-state index contributed by atoms with van der Waals surface area (Å²) >= 11 is 0. The summed E-state index contributed by atoms with van der Waals surface area (Å²) < 4.78 is 5.48. The van der Waals surface area contributed by atoms with Crippen LogP contribution in [0.4, 0.5) is 0 Å². The Hall–Kier alpha value is -2.69. The SMILES string of the molecule is CCOc1ccccc1C(=O)N/N=C(\c1ccncc1)C(C)C. The molecular formula is C18H21N3O2. The van der Waals surface area contributed by atoms with E-state index in [2.05, 4.69) is 15.5 Å². The highest BCUT2D eigenvalue weighted by molar-refractivity contribution is 6.03. The standard InChI is InChI=1S/C18H21N3O2/c1-4-23-16-8-6-5-7-15(16)18(22)21-20-17(13(2)3)14-9-11-19-12-10-14/h5-13H,4H2,1-3H3,(H,21,22)/b20-17-. The fraction of sp³-hybridized carbons (Fsp3) is 0.278. The number of carbonyl (C=O) groups is 1. The van der Waals surface area contributed by atoms with Crippen LogP contribution < -0.4 is 10.2 Å². The van der Waals surface area contributed by atoms with Crippen molar-refractivity contribution in [2.24, 2.45) is 11.0 Å². The number of hydrogen-bond acceptors (Lipinski definition) is 4. The van der Waals surface area contributed by atoms with Gasteiger partial charge >= 0.3 is 0 Å². The number of ether oxygens (including phenoxy) is 1. The number of rotatable bonds is 6. The van der Waals surface area contributed by atoms with Gasteiger partial charge in [-0.05, 0) is 37.1 Å². The molecule has 1 aromatic carbocycles. The van der Waals surface area contributed by atoms with Crippen LogP contribution in [0.1, 0.15) is 36.7 Å². The predicted octanol–water partition coefficient (Wildman–Crippen LogP) is 3.27. The molecule has 120 valence electrons. The molecule has 0 aliphatic heterocycles. The Morgan fingerprint density at radius 2 is 1.91 bits per heavy atom. The quantitative estimate of drug-likeness (QED) is 0.658. The Kier molecular flexibility index (Phi) is 5.86. The summed E-state index contributed by atoms with van der Waals surface area (Å²) in [5.41, 5.74) is 4.83. The monoisotopic (exact) mass is 311 g/mol. The highest BCUT2D eigenvalue weighted by Crippen LogP contribution is 2.18. The lowest BCUT2D eigenvalue weighted by Crippen LogP contribution is -2.23. The van der Waals surface area contributed by atoms with Gasteiger partial charge in [-0.1, -0.05) is 26.0 Å². The van der Waals surface area contributed by atoms with Gasteiger partial charge in [0.2, 0.25) is 0 Å². The van der Waals surface area contributed by atoms with E-state index in [0.29, 0.717) is 17.9 Å². The molecule has 2 aromatic rings. The molecule has 0 fully saturated rings. The van der Waals surface area contributed by atoms with Gasteiger partial charge in [0.15, 0.2) is 0 Å². The summed E-state index contributed by atoms with van der Waals surface area (Å²) in [5.74, 6) is 0.429. The van der Waals surface area contributed by atoms with E-state index in [1.165, 1.54) is 0 Å². The van der Waals surface area contributed by atoms with E-state index in [0.717, 1.165) is 11.3 Å². The Labute approximate surface area is 136 Å². The number of carbonyl (C=O) groups excluding carboxylic acids is 1. The third kappa shape index (κ3) is 4.39. The first-order valence-corrected chi connectivity index (χ1v) is 7.63. The van der Waals surface area contributed by atoms with Gasteiger partial charge in [0.25, 0.3) is 5.91 Å². The Morgan fingerprint density at radius 1 is 1.22 bits per heavy atom. The maximum absolute atomic E-state index is 12.4. The van der Waals surface area contributed by atoms with Crippen LogP contribution >= 0.6 is 0 Å². The summed E-state index contributed by atoms with van der Waals surface area (Å²) in [6.07, 6.45) is 3.42. The molecule has 0 saturated heterocycles. The zero-order chi connectivity index (χ0) is 16.7. The van der Waals surface area contributed by atoms with E-state index >= 15 is 0 Å². The molecule has 1 aromatic heterocycles. The molecule has 5 heteroatoms. The molecule has 0 atom stereocenters. The first kappa shape index (κ1) is 16.7. The lowest BCUT2D eigenvalue weighted by Gasteiger charge is -2.12. The molecule has 0 saturated carbocycles. The normalized spacial score (nSPS) is 11.4. The van der Waals surface area contributed by atoms with Crippen LogP contribution in [0.3, 0.4) is 0 Å². The van der Waals surface area contributed by atoms with Crippen molar-refractivity contribution < 1.29 is 9.53 Å². The maximum Gasteiger partial charge on any atom is 0.275 e. The van der Waals surface area contributed by atoms with Crippen molar-refractivity contribution in [2.75, 3.05) is 6.61 Å². The van der Waals surface area contributed by atoms with E-state index in [-0.39, 0.29) is 11.8 Å². The lowest BCUT2D eigenvalue weighted by atomic mass is 10.0. The molecule has 1 amide bonds. The molecule has 0 bridgehead atoms. The van der Waals surface area contributed by atoms with Gasteiger partial charge in [-0.15, -0.1) is 0 Å². The first-order valence-electron chi connectivity index (χ1n) is 7.63. The first-order chi connectivity index (χ1) is 11.1.